The zero-order chi connectivity index (χ0) is 34.7. The Hall–Kier alpha value is -4.77. The van der Waals surface area contributed by atoms with Crippen molar-refractivity contribution in [1.82, 2.24) is 15.5 Å². The molecular weight excluding hydrogens is 638 g/mol. The van der Waals surface area contributed by atoms with Crippen molar-refractivity contribution >= 4 is 35.8 Å². The molecule has 3 amide bonds. The molecule has 0 aromatic heterocycles. The fraction of sp³-hybridized carbons (Fsp3) is 0.389. The molecule has 0 bridgehead atoms. The SMILES string of the molecule is CC(C)(C)OC(=O)N[C@H](CCCCNC(=O)OCc1ccccc1Cl)CN(CC(=O)O)C(=O)OCC1c2ccccc2-c2ccccc21. The van der Waals surface area contributed by atoms with Gasteiger partial charge in [0.1, 0.15) is 25.4 Å². The number of unbranched alkanes of at least 4 members (excludes halogenated alkanes) is 1. The van der Waals surface area contributed by atoms with E-state index >= 15 is 0 Å². The summed E-state index contributed by atoms with van der Waals surface area (Å²) in [4.78, 5) is 51.1. The quantitative estimate of drug-likeness (QED) is 0.123. The van der Waals surface area contributed by atoms with Crippen molar-refractivity contribution in [2.45, 2.75) is 64.2 Å². The van der Waals surface area contributed by atoms with E-state index in [1.165, 1.54) is 0 Å². The summed E-state index contributed by atoms with van der Waals surface area (Å²) in [6, 6.07) is 22.2. The van der Waals surface area contributed by atoms with Gasteiger partial charge in [-0.1, -0.05) is 78.3 Å². The lowest BCUT2D eigenvalue weighted by molar-refractivity contribution is -0.138. The highest BCUT2D eigenvalue weighted by atomic mass is 35.5. The number of amides is 3. The van der Waals surface area contributed by atoms with Gasteiger partial charge >= 0.3 is 24.2 Å². The molecule has 0 fully saturated rings. The molecule has 0 radical (unpaired) electrons. The molecule has 0 saturated heterocycles. The first kappa shape index (κ1) is 36.1. The minimum absolute atomic E-state index is 0.0192. The zero-order valence-electron chi connectivity index (χ0n) is 27.4. The van der Waals surface area contributed by atoms with Gasteiger partial charge in [-0.25, -0.2) is 14.4 Å². The van der Waals surface area contributed by atoms with Gasteiger partial charge in [0.05, 0.1) is 0 Å². The minimum Gasteiger partial charge on any atom is -0.480 e. The Labute approximate surface area is 285 Å². The monoisotopic (exact) mass is 679 g/mol. The van der Waals surface area contributed by atoms with E-state index in [2.05, 4.69) is 10.6 Å². The first-order valence-corrected chi connectivity index (χ1v) is 16.2. The van der Waals surface area contributed by atoms with Gasteiger partial charge in [-0.05, 0) is 68.4 Å². The summed E-state index contributed by atoms with van der Waals surface area (Å²) in [7, 11) is 0. The number of aliphatic carboxylic acids is 1. The number of carboxylic acid groups (broad SMARTS) is 1. The number of nitrogens with zero attached hydrogens (tertiary/aromatic N) is 1. The molecule has 0 spiro atoms. The Kier molecular flexibility index (Phi) is 12.7. The topological polar surface area (TPSA) is 144 Å². The number of alkyl carbamates (subject to hydrolysis) is 2. The number of carbonyl (C=O) groups is 4. The van der Waals surface area contributed by atoms with Crippen LogP contribution in [0.1, 0.15) is 62.6 Å². The zero-order valence-corrected chi connectivity index (χ0v) is 28.1. The van der Waals surface area contributed by atoms with E-state index in [0.29, 0.717) is 36.4 Å². The van der Waals surface area contributed by atoms with Gasteiger partial charge in [-0.3, -0.25) is 9.69 Å². The van der Waals surface area contributed by atoms with E-state index in [1.54, 1.807) is 45.0 Å². The van der Waals surface area contributed by atoms with Crippen molar-refractivity contribution in [3.8, 4) is 11.1 Å². The summed E-state index contributed by atoms with van der Waals surface area (Å²) in [5.41, 5.74) is 4.12. The number of hydrogen-bond acceptors (Lipinski definition) is 7. The smallest absolute Gasteiger partial charge is 0.410 e. The lowest BCUT2D eigenvalue weighted by Gasteiger charge is -2.28. The van der Waals surface area contributed by atoms with Gasteiger partial charge in [0, 0.05) is 35.6 Å². The molecule has 3 aromatic rings. The van der Waals surface area contributed by atoms with Crippen LogP contribution in [0, 0.1) is 0 Å². The average molecular weight is 680 g/mol. The van der Waals surface area contributed by atoms with Crippen molar-refractivity contribution in [1.29, 1.82) is 0 Å². The summed E-state index contributed by atoms with van der Waals surface area (Å²) in [5, 5.41) is 15.6. The number of hydrogen-bond donors (Lipinski definition) is 3. The summed E-state index contributed by atoms with van der Waals surface area (Å²) in [6.07, 6.45) is -0.687. The lowest BCUT2D eigenvalue weighted by atomic mass is 9.98. The third kappa shape index (κ3) is 10.6. The Morgan fingerprint density at radius 3 is 2.12 bits per heavy atom. The van der Waals surface area contributed by atoms with Crippen molar-refractivity contribution < 1.29 is 38.5 Å². The fourth-order valence-corrected chi connectivity index (χ4v) is 5.71. The molecule has 0 unspecified atom stereocenters. The summed E-state index contributed by atoms with van der Waals surface area (Å²) >= 11 is 6.11. The molecule has 256 valence electrons. The molecule has 3 N–H and O–H groups in total. The fourth-order valence-electron chi connectivity index (χ4n) is 5.52. The van der Waals surface area contributed by atoms with Crippen LogP contribution < -0.4 is 10.6 Å². The number of rotatable bonds is 14. The number of carboxylic acids is 1. The summed E-state index contributed by atoms with van der Waals surface area (Å²) in [6.45, 7) is 4.78. The van der Waals surface area contributed by atoms with Gasteiger partial charge in [0.25, 0.3) is 0 Å². The standard InChI is InChI=1S/C36H42ClN3O8/c1-36(2,3)48-34(44)39-25(13-10-11-19-38-33(43)46-22-24-12-4-9-18-31(24)37)20-40(21-32(41)42)35(45)47-23-30-28-16-7-5-14-26(28)27-15-6-8-17-29(27)30/h4-9,12,14-18,25,30H,10-11,13,19-23H2,1-3H3,(H,38,43)(H,39,44)(H,41,42)/t25-/m1/s1. The van der Waals surface area contributed by atoms with E-state index in [4.69, 9.17) is 25.8 Å². The molecule has 0 saturated carbocycles. The van der Waals surface area contributed by atoms with Crippen LogP contribution in [-0.2, 0) is 25.6 Å². The van der Waals surface area contributed by atoms with Gasteiger partial charge in [0.2, 0.25) is 0 Å². The Balaban J connectivity index is 1.34. The van der Waals surface area contributed by atoms with Crippen LogP contribution in [0.25, 0.3) is 11.1 Å². The lowest BCUT2D eigenvalue weighted by Crippen LogP contribution is -2.48. The maximum Gasteiger partial charge on any atom is 0.410 e. The maximum absolute atomic E-state index is 13.4. The van der Waals surface area contributed by atoms with E-state index in [-0.39, 0.29) is 25.7 Å². The normalized spacial score (nSPS) is 12.7. The van der Waals surface area contributed by atoms with Crippen molar-refractivity contribution in [2.75, 3.05) is 26.2 Å². The molecule has 4 rings (SSSR count). The van der Waals surface area contributed by atoms with Crippen LogP contribution in [0.5, 0.6) is 0 Å². The van der Waals surface area contributed by atoms with Crippen molar-refractivity contribution in [3.63, 3.8) is 0 Å². The van der Waals surface area contributed by atoms with Gasteiger partial charge in [-0.2, -0.15) is 0 Å². The minimum atomic E-state index is -1.22. The molecule has 1 aliphatic carbocycles. The second kappa shape index (κ2) is 16.9. The molecule has 11 nitrogen and oxygen atoms in total. The number of carbonyl (C=O) groups excluding carboxylic acids is 3. The highest BCUT2D eigenvalue weighted by molar-refractivity contribution is 6.31. The van der Waals surface area contributed by atoms with E-state index < -0.39 is 42.4 Å². The predicted molar refractivity (Wildman–Crippen MR) is 181 cm³/mol. The molecular formula is C36H42ClN3O8. The van der Waals surface area contributed by atoms with Crippen LogP contribution in [0.15, 0.2) is 72.8 Å². The van der Waals surface area contributed by atoms with Gasteiger partial charge in [-0.15, -0.1) is 0 Å². The molecule has 12 heteroatoms. The van der Waals surface area contributed by atoms with Crippen molar-refractivity contribution in [3.05, 3.63) is 94.5 Å². The number of nitrogens with one attached hydrogen (secondary N) is 2. The van der Waals surface area contributed by atoms with Gasteiger partial charge < -0.3 is 30.0 Å². The highest BCUT2D eigenvalue weighted by Gasteiger charge is 2.31. The van der Waals surface area contributed by atoms with E-state index in [1.807, 2.05) is 48.5 Å². The molecule has 48 heavy (non-hydrogen) atoms. The van der Waals surface area contributed by atoms with Crippen LogP contribution in [0.3, 0.4) is 0 Å². The van der Waals surface area contributed by atoms with Gasteiger partial charge in [0.15, 0.2) is 0 Å². The van der Waals surface area contributed by atoms with Crippen LogP contribution >= 0.6 is 11.6 Å². The van der Waals surface area contributed by atoms with Crippen molar-refractivity contribution in [2.24, 2.45) is 0 Å². The van der Waals surface area contributed by atoms with Crippen LogP contribution in [-0.4, -0.2) is 72.1 Å². The van der Waals surface area contributed by atoms with Crippen LogP contribution in [0.4, 0.5) is 14.4 Å². The third-order valence-electron chi connectivity index (χ3n) is 7.65. The Morgan fingerprint density at radius 1 is 0.875 bits per heavy atom. The average Bonchev–Trinajstić information content (AvgIpc) is 3.35. The number of halogens is 1. The number of benzene rings is 3. The first-order valence-electron chi connectivity index (χ1n) is 15.9. The summed E-state index contributed by atoms with van der Waals surface area (Å²) in [5.74, 6) is -1.42. The first-order chi connectivity index (χ1) is 22.9. The van der Waals surface area contributed by atoms with Crippen LogP contribution in [0.2, 0.25) is 5.02 Å². The number of fused-ring (bicyclic) bond motifs is 3. The second-order valence-electron chi connectivity index (χ2n) is 12.5. The highest BCUT2D eigenvalue weighted by Crippen LogP contribution is 2.44. The largest absolute Gasteiger partial charge is 0.480 e. The van der Waals surface area contributed by atoms with E-state index in [0.717, 1.165) is 27.2 Å². The summed E-state index contributed by atoms with van der Waals surface area (Å²) < 4.78 is 16.4. The number of ether oxygens (including phenoxy) is 3. The predicted octanol–water partition coefficient (Wildman–Crippen LogP) is 6.97. The molecule has 1 atom stereocenters. The molecule has 3 aromatic carbocycles. The molecule has 0 heterocycles. The third-order valence-corrected chi connectivity index (χ3v) is 8.02. The molecule has 0 aliphatic heterocycles. The maximum atomic E-state index is 13.4. The Bertz CT molecular complexity index is 1550. The second-order valence-corrected chi connectivity index (χ2v) is 12.9. The Morgan fingerprint density at radius 2 is 1.50 bits per heavy atom. The molecule has 1 aliphatic rings. The van der Waals surface area contributed by atoms with E-state index in [9.17, 15) is 24.3 Å².